The van der Waals surface area contributed by atoms with E-state index in [-0.39, 0.29) is 17.1 Å². The Labute approximate surface area is 182 Å². The summed E-state index contributed by atoms with van der Waals surface area (Å²) in [6.07, 6.45) is 0.797. The molecule has 1 atom stereocenters. The topological polar surface area (TPSA) is 63.0 Å². The third kappa shape index (κ3) is 3.72. The number of methoxy groups -OCH3 is 1. The van der Waals surface area contributed by atoms with Crippen LogP contribution in [-0.4, -0.2) is 50.0 Å². The zero-order chi connectivity index (χ0) is 22.3. The Bertz CT molecular complexity index is 1190. The number of ether oxygens (including phenoxy) is 1. The molecule has 0 N–H and O–H groups in total. The minimum atomic E-state index is -0.474. The summed E-state index contributed by atoms with van der Waals surface area (Å²) < 4.78 is 11.3. The summed E-state index contributed by atoms with van der Waals surface area (Å²) in [5, 5.41) is 0.517. The van der Waals surface area contributed by atoms with E-state index in [2.05, 4.69) is 4.90 Å². The minimum absolute atomic E-state index is 0.136. The highest BCUT2D eigenvalue weighted by Crippen LogP contribution is 2.38. The highest BCUT2D eigenvalue weighted by atomic mass is 16.5. The average molecular weight is 421 g/mol. The van der Waals surface area contributed by atoms with Gasteiger partial charge in [0.25, 0.3) is 5.91 Å². The van der Waals surface area contributed by atoms with E-state index in [4.69, 9.17) is 9.15 Å². The molecule has 4 rings (SSSR count). The molecule has 0 spiro atoms. The number of aryl methyl sites for hydroxylation is 2. The lowest BCUT2D eigenvalue weighted by molar-refractivity contribution is 0.0722. The molecule has 0 fully saturated rings. The molecule has 1 aliphatic heterocycles. The summed E-state index contributed by atoms with van der Waals surface area (Å²) in [6, 6.07) is 10.8. The largest absolute Gasteiger partial charge is 0.497 e. The van der Waals surface area contributed by atoms with Crippen LogP contribution in [0.1, 0.15) is 45.3 Å². The molecule has 0 saturated heterocycles. The summed E-state index contributed by atoms with van der Waals surface area (Å²) >= 11 is 0. The van der Waals surface area contributed by atoms with E-state index in [1.807, 2.05) is 64.3 Å². The fraction of sp³-hybridized carbons (Fsp3) is 0.360. The van der Waals surface area contributed by atoms with Crippen LogP contribution in [0.25, 0.3) is 11.0 Å². The second-order valence-corrected chi connectivity index (χ2v) is 8.44. The van der Waals surface area contributed by atoms with Crippen molar-refractivity contribution in [3.63, 3.8) is 0 Å². The predicted molar refractivity (Wildman–Crippen MR) is 121 cm³/mol. The molecule has 0 radical (unpaired) electrons. The molecule has 2 heterocycles. The second kappa shape index (κ2) is 8.19. The number of rotatable bonds is 6. The van der Waals surface area contributed by atoms with E-state index in [0.717, 1.165) is 35.4 Å². The van der Waals surface area contributed by atoms with Gasteiger partial charge < -0.3 is 19.0 Å². The summed E-state index contributed by atoms with van der Waals surface area (Å²) in [6.45, 7) is 5.32. The van der Waals surface area contributed by atoms with Crippen LogP contribution < -0.4 is 10.2 Å². The molecule has 0 saturated carbocycles. The summed E-state index contributed by atoms with van der Waals surface area (Å²) in [5.74, 6) is 0.655. The number of benzene rings is 2. The maximum Gasteiger partial charge on any atom is 0.290 e. The van der Waals surface area contributed by atoms with Crippen molar-refractivity contribution >= 4 is 16.9 Å². The monoisotopic (exact) mass is 420 g/mol. The molecular formula is C25H28N2O4. The zero-order valence-electron chi connectivity index (χ0n) is 18.7. The lowest BCUT2D eigenvalue weighted by Crippen LogP contribution is -2.32. The Balaban J connectivity index is 1.88. The van der Waals surface area contributed by atoms with Crippen LogP contribution in [0.2, 0.25) is 0 Å². The van der Waals surface area contributed by atoms with Crippen molar-refractivity contribution in [3.05, 3.63) is 74.6 Å². The molecule has 6 nitrogen and oxygen atoms in total. The molecule has 0 unspecified atom stereocenters. The molecule has 2 aromatic carbocycles. The maximum atomic E-state index is 13.6. The number of fused-ring (bicyclic) bond motifs is 2. The number of hydrogen-bond donors (Lipinski definition) is 0. The van der Waals surface area contributed by atoms with Gasteiger partial charge in [0.2, 0.25) is 5.76 Å². The maximum absolute atomic E-state index is 13.6. The molecular weight excluding hydrogens is 392 g/mol. The lowest BCUT2D eigenvalue weighted by atomic mass is 9.97. The van der Waals surface area contributed by atoms with Crippen LogP contribution in [0.3, 0.4) is 0 Å². The van der Waals surface area contributed by atoms with Gasteiger partial charge in [-0.1, -0.05) is 12.1 Å². The fourth-order valence-corrected chi connectivity index (χ4v) is 4.20. The van der Waals surface area contributed by atoms with Gasteiger partial charge in [-0.15, -0.1) is 0 Å². The highest BCUT2D eigenvalue weighted by molar-refractivity contribution is 5.99. The first-order chi connectivity index (χ1) is 14.8. The third-order valence-corrected chi connectivity index (χ3v) is 6.02. The van der Waals surface area contributed by atoms with E-state index in [1.165, 1.54) is 0 Å². The van der Waals surface area contributed by atoms with Crippen molar-refractivity contribution in [2.75, 3.05) is 34.3 Å². The molecule has 1 aliphatic rings. The van der Waals surface area contributed by atoms with Crippen LogP contribution in [0.5, 0.6) is 5.75 Å². The Morgan fingerprint density at radius 1 is 1.06 bits per heavy atom. The van der Waals surface area contributed by atoms with Crippen molar-refractivity contribution in [2.24, 2.45) is 0 Å². The van der Waals surface area contributed by atoms with E-state index in [0.29, 0.717) is 23.1 Å². The lowest BCUT2D eigenvalue weighted by Gasteiger charge is -2.25. The van der Waals surface area contributed by atoms with Crippen LogP contribution in [0.4, 0.5) is 0 Å². The van der Waals surface area contributed by atoms with Crippen molar-refractivity contribution in [1.29, 1.82) is 0 Å². The standard InChI is InChI=1S/C25H28N2O4/c1-15-13-19-20(14-16(15)2)31-24-21(23(19)28)22(17-7-9-18(30-5)10-8-17)27(25(24)29)12-6-11-26(3)4/h7-10,13-14,22H,6,11-12H2,1-5H3/t22-/m0/s1. The first kappa shape index (κ1) is 21.1. The molecule has 6 heteroatoms. The third-order valence-electron chi connectivity index (χ3n) is 6.02. The Morgan fingerprint density at radius 2 is 1.74 bits per heavy atom. The van der Waals surface area contributed by atoms with Gasteiger partial charge in [0.1, 0.15) is 11.3 Å². The number of carbonyl (C=O) groups is 1. The number of amides is 1. The molecule has 0 aliphatic carbocycles. The Hall–Kier alpha value is -3.12. The number of hydrogen-bond acceptors (Lipinski definition) is 5. The normalized spacial score (nSPS) is 15.7. The van der Waals surface area contributed by atoms with E-state index in [9.17, 15) is 9.59 Å². The van der Waals surface area contributed by atoms with Crippen molar-refractivity contribution < 1.29 is 13.9 Å². The van der Waals surface area contributed by atoms with Crippen LogP contribution >= 0.6 is 0 Å². The smallest absolute Gasteiger partial charge is 0.290 e. The Morgan fingerprint density at radius 3 is 2.39 bits per heavy atom. The van der Waals surface area contributed by atoms with Crippen molar-refractivity contribution in [1.82, 2.24) is 9.80 Å². The highest BCUT2D eigenvalue weighted by Gasteiger charge is 2.42. The first-order valence-electron chi connectivity index (χ1n) is 10.5. The molecule has 3 aromatic rings. The van der Waals surface area contributed by atoms with E-state index in [1.54, 1.807) is 12.0 Å². The van der Waals surface area contributed by atoms with Gasteiger partial charge in [-0.25, -0.2) is 0 Å². The van der Waals surface area contributed by atoms with Gasteiger partial charge in [0, 0.05) is 6.54 Å². The van der Waals surface area contributed by atoms with Crippen molar-refractivity contribution in [2.45, 2.75) is 26.3 Å². The van der Waals surface area contributed by atoms with Crippen molar-refractivity contribution in [3.8, 4) is 5.75 Å². The van der Waals surface area contributed by atoms with Gasteiger partial charge in [0.05, 0.1) is 24.1 Å². The summed E-state index contributed by atoms with van der Waals surface area (Å²) in [4.78, 5) is 30.8. The zero-order valence-corrected chi connectivity index (χ0v) is 18.7. The molecule has 162 valence electrons. The SMILES string of the molecule is COc1ccc([C@H]2c3c(oc4cc(C)c(C)cc4c3=O)C(=O)N2CCCN(C)C)cc1. The molecule has 1 amide bonds. The predicted octanol–water partition coefficient (Wildman–Crippen LogP) is 3.92. The first-order valence-corrected chi connectivity index (χ1v) is 10.5. The Kier molecular flexibility index (Phi) is 5.58. The molecule has 1 aromatic heterocycles. The van der Waals surface area contributed by atoms with Gasteiger partial charge in [-0.3, -0.25) is 9.59 Å². The van der Waals surface area contributed by atoms with Gasteiger partial charge in [0.15, 0.2) is 5.43 Å². The number of nitrogens with zero attached hydrogens (tertiary/aromatic N) is 2. The molecule has 0 bridgehead atoms. The summed E-state index contributed by atoms with van der Waals surface area (Å²) in [5.41, 5.74) is 3.67. The van der Waals surface area contributed by atoms with Crippen LogP contribution in [-0.2, 0) is 0 Å². The quantitative estimate of drug-likeness (QED) is 0.605. The van der Waals surface area contributed by atoms with Crippen LogP contribution in [0, 0.1) is 13.8 Å². The second-order valence-electron chi connectivity index (χ2n) is 8.44. The molecule has 31 heavy (non-hydrogen) atoms. The minimum Gasteiger partial charge on any atom is -0.497 e. The van der Waals surface area contributed by atoms with Gasteiger partial charge in [-0.2, -0.15) is 0 Å². The van der Waals surface area contributed by atoms with Gasteiger partial charge >= 0.3 is 0 Å². The average Bonchev–Trinajstić information content (AvgIpc) is 3.02. The van der Waals surface area contributed by atoms with E-state index >= 15 is 0 Å². The van der Waals surface area contributed by atoms with E-state index < -0.39 is 6.04 Å². The summed E-state index contributed by atoms with van der Waals surface area (Å²) in [7, 11) is 5.62. The van der Waals surface area contributed by atoms with Gasteiger partial charge in [-0.05, 0) is 81.9 Å². The number of carbonyl (C=O) groups excluding carboxylic acids is 1. The fourth-order valence-electron chi connectivity index (χ4n) is 4.20. The van der Waals surface area contributed by atoms with Crippen LogP contribution in [0.15, 0.2) is 45.6 Å².